The minimum atomic E-state index is -0.129. The Hall–Kier alpha value is -2.53. The van der Waals surface area contributed by atoms with Crippen molar-refractivity contribution in [1.82, 2.24) is 0 Å². The first-order chi connectivity index (χ1) is 11.5. The van der Waals surface area contributed by atoms with E-state index < -0.39 is 0 Å². The molecular weight excluding hydrogens is 338 g/mol. The highest BCUT2D eigenvalue weighted by atomic mass is 35.5. The van der Waals surface area contributed by atoms with Gasteiger partial charge < -0.3 is 16.0 Å². The van der Waals surface area contributed by atoms with Gasteiger partial charge in [0.05, 0.1) is 6.54 Å². The molecule has 3 N–H and O–H groups in total. The van der Waals surface area contributed by atoms with Crippen LogP contribution < -0.4 is 16.0 Å². The van der Waals surface area contributed by atoms with Gasteiger partial charge in [-0.25, -0.2) is 0 Å². The second kappa shape index (κ2) is 10.4. The lowest BCUT2D eigenvalue weighted by Crippen LogP contribution is -2.21. The van der Waals surface area contributed by atoms with Crippen LogP contribution in [0.2, 0.25) is 0 Å². The van der Waals surface area contributed by atoms with E-state index in [1.807, 2.05) is 44.2 Å². The minimum absolute atomic E-state index is 0. The highest BCUT2D eigenvalue weighted by Gasteiger charge is 2.06. The molecule has 0 spiro atoms. The Labute approximate surface area is 154 Å². The van der Waals surface area contributed by atoms with Gasteiger partial charge in [0.1, 0.15) is 0 Å². The first-order valence-electron chi connectivity index (χ1n) is 8.01. The first-order valence-corrected chi connectivity index (χ1v) is 8.01. The van der Waals surface area contributed by atoms with Crippen LogP contribution in [0.15, 0.2) is 54.6 Å². The van der Waals surface area contributed by atoms with E-state index in [0.29, 0.717) is 18.0 Å². The Morgan fingerprint density at radius 3 is 1.84 bits per heavy atom. The van der Waals surface area contributed by atoms with Gasteiger partial charge in [-0.05, 0) is 42.3 Å². The predicted octanol–water partition coefficient (Wildman–Crippen LogP) is 4.14. The summed E-state index contributed by atoms with van der Waals surface area (Å²) < 4.78 is 0. The topological polar surface area (TPSA) is 70.2 Å². The van der Waals surface area contributed by atoms with Crippen molar-refractivity contribution in [2.24, 2.45) is 5.92 Å². The number of rotatable bonds is 7. The molecule has 0 atom stereocenters. The standard InChI is InChI=1S/C19H23N3O2.ClH/c1-14(2)12-18(23)21-16-8-10-17(11-9-16)22-19(24)13-20-15-6-4-3-5-7-15;/h3-11,14,20H,12-13H2,1-2H3,(H,21,23)(H,22,24);1H. The van der Waals surface area contributed by atoms with Crippen molar-refractivity contribution in [3.63, 3.8) is 0 Å². The van der Waals surface area contributed by atoms with Gasteiger partial charge in [-0.2, -0.15) is 0 Å². The van der Waals surface area contributed by atoms with Crippen LogP contribution in [0.25, 0.3) is 0 Å². The SMILES string of the molecule is CC(C)CC(=O)Nc1ccc(NC(=O)CNc2ccccc2)cc1.Cl. The molecule has 0 bridgehead atoms. The smallest absolute Gasteiger partial charge is 0.243 e. The summed E-state index contributed by atoms with van der Waals surface area (Å²) in [6.45, 7) is 4.19. The fourth-order valence-electron chi connectivity index (χ4n) is 2.16. The fraction of sp³-hybridized carbons (Fsp3) is 0.263. The molecule has 0 fully saturated rings. The van der Waals surface area contributed by atoms with Crippen LogP contribution in [0, 0.1) is 5.92 Å². The molecule has 134 valence electrons. The van der Waals surface area contributed by atoms with Gasteiger partial charge in [0.25, 0.3) is 0 Å². The maximum Gasteiger partial charge on any atom is 0.243 e. The fourth-order valence-corrected chi connectivity index (χ4v) is 2.16. The molecule has 5 nitrogen and oxygen atoms in total. The molecular formula is C19H24ClN3O2. The molecule has 0 aliphatic heterocycles. The predicted molar refractivity (Wildman–Crippen MR) is 105 cm³/mol. The zero-order valence-corrected chi connectivity index (χ0v) is 15.2. The van der Waals surface area contributed by atoms with E-state index in [0.717, 1.165) is 11.4 Å². The Balaban J connectivity index is 0.00000312. The number of amides is 2. The summed E-state index contributed by atoms with van der Waals surface area (Å²) in [5, 5.41) is 8.70. The Morgan fingerprint density at radius 2 is 1.32 bits per heavy atom. The van der Waals surface area contributed by atoms with E-state index in [1.165, 1.54) is 0 Å². The van der Waals surface area contributed by atoms with Crippen LogP contribution in [0.4, 0.5) is 17.1 Å². The Bertz CT molecular complexity index is 673. The van der Waals surface area contributed by atoms with Crippen LogP contribution in [0.3, 0.4) is 0 Å². The second-order valence-corrected chi connectivity index (χ2v) is 5.99. The Kier molecular flexibility index (Phi) is 8.50. The van der Waals surface area contributed by atoms with E-state index in [9.17, 15) is 9.59 Å². The van der Waals surface area contributed by atoms with Crippen LogP contribution in [0.5, 0.6) is 0 Å². The molecule has 0 unspecified atom stereocenters. The molecule has 2 amide bonds. The van der Waals surface area contributed by atoms with Gasteiger partial charge in [-0.1, -0.05) is 32.0 Å². The normalized spacial score (nSPS) is 9.88. The van der Waals surface area contributed by atoms with Crippen LogP contribution >= 0.6 is 12.4 Å². The number of para-hydroxylation sites is 1. The molecule has 25 heavy (non-hydrogen) atoms. The van der Waals surface area contributed by atoms with Crippen molar-refractivity contribution in [3.8, 4) is 0 Å². The highest BCUT2D eigenvalue weighted by molar-refractivity contribution is 5.94. The molecule has 6 heteroatoms. The number of carbonyl (C=O) groups is 2. The van der Waals surface area contributed by atoms with Crippen molar-refractivity contribution in [3.05, 3.63) is 54.6 Å². The number of carbonyl (C=O) groups excluding carboxylic acids is 2. The third-order valence-electron chi connectivity index (χ3n) is 3.27. The van der Waals surface area contributed by atoms with Gasteiger partial charge in [0, 0.05) is 23.5 Å². The molecule has 0 aromatic heterocycles. The van der Waals surface area contributed by atoms with Crippen molar-refractivity contribution >= 4 is 41.3 Å². The summed E-state index contributed by atoms with van der Waals surface area (Å²) in [5.74, 6) is 0.185. The monoisotopic (exact) mass is 361 g/mol. The maximum absolute atomic E-state index is 11.9. The second-order valence-electron chi connectivity index (χ2n) is 5.99. The molecule has 0 aliphatic carbocycles. The summed E-state index contributed by atoms with van der Waals surface area (Å²) in [6, 6.07) is 16.6. The van der Waals surface area contributed by atoms with Gasteiger partial charge in [-0.15, -0.1) is 12.4 Å². The number of nitrogens with one attached hydrogen (secondary N) is 3. The van der Waals surface area contributed by atoms with E-state index in [-0.39, 0.29) is 30.8 Å². The van der Waals surface area contributed by atoms with Gasteiger partial charge in [0.2, 0.25) is 11.8 Å². The van der Waals surface area contributed by atoms with E-state index in [1.54, 1.807) is 24.3 Å². The van der Waals surface area contributed by atoms with E-state index >= 15 is 0 Å². The van der Waals surface area contributed by atoms with Crippen molar-refractivity contribution in [2.75, 3.05) is 22.5 Å². The van der Waals surface area contributed by atoms with Crippen molar-refractivity contribution in [2.45, 2.75) is 20.3 Å². The van der Waals surface area contributed by atoms with E-state index in [2.05, 4.69) is 16.0 Å². The summed E-state index contributed by atoms with van der Waals surface area (Å²) in [6.07, 6.45) is 0.490. The number of halogens is 1. The highest BCUT2D eigenvalue weighted by Crippen LogP contribution is 2.14. The van der Waals surface area contributed by atoms with Crippen molar-refractivity contribution < 1.29 is 9.59 Å². The summed E-state index contributed by atoms with van der Waals surface area (Å²) in [5.41, 5.74) is 2.31. The number of benzene rings is 2. The molecule has 0 heterocycles. The molecule has 0 radical (unpaired) electrons. The molecule has 2 aromatic rings. The molecule has 2 aromatic carbocycles. The molecule has 0 saturated carbocycles. The zero-order chi connectivity index (χ0) is 17.4. The lowest BCUT2D eigenvalue weighted by atomic mass is 10.1. The number of anilines is 3. The van der Waals surface area contributed by atoms with Crippen molar-refractivity contribution in [1.29, 1.82) is 0 Å². The zero-order valence-electron chi connectivity index (χ0n) is 14.4. The van der Waals surface area contributed by atoms with Crippen LogP contribution in [-0.4, -0.2) is 18.4 Å². The Morgan fingerprint density at radius 1 is 0.800 bits per heavy atom. The summed E-state index contributed by atoms with van der Waals surface area (Å²) in [4.78, 5) is 23.6. The minimum Gasteiger partial charge on any atom is -0.376 e. The number of hydrogen-bond acceptors (Lipinski definition) is 3. The first kappa shape index (κ1) is 20.5. The molecule has 0 saturated heterocycles. The van der Waals surface area contributed by atoms with Crippen LogP contribution in [0.1, 0.15) is 20.3 Å². The van der Waals surface area contributed by atoms with Gasteiger partial charge in [-0.3, -0.25) is 9.59 Å². The number of hydrogen-bond donors (Lipinski definition) is 3. The third kappa shape index (κ3) is 7.72. The van der Waals surface area contributed by atoms with E-state index in [4.69, 9.17) is 0 Å². The quantitative estimate of drug-likeness (QED) is 0.694. The third-order valence-corrected chi connectivity index (χ3v) is 3.27. The molecule has 2 rings (SSSR count). The summed E-state index contributed by atoms with van der Waals surface area (Å²) >= 11 is 0. The maximum atomic E-state index is 11.9. The largest absolute Gasteiger partial charge is 0.376 e. The lowest BCUT2D eigenvalue weighted by Gasteiger charge is -2.10. The lowest BCUT2D eigenvalue weighted by molar-refractivity contribution is -0.117. The van der Waals surface area contributed by atoms with Gasteiger partial charge in [0.15, 0.2) is 0 Å². The molecule has 0 aliphatic rings. The average Bonchev–Trinajstić information content (AvgIpc) is 2.55. The average molecular weight is 362 g/mol. The summed E-state index contributed by atoms with van der Waals surface area (Å²) in [7, 11) is 0. The van der Waals surface area contributed by atoms with Crippen LogP contribution in [-0.2, 0) is 9.59 Å². The van der Waals surface area contributed by atoms with Gasteiger partial charge >= 0.3 is 0 Å².